The average molecular weight is 372 g/mol. The molecule has 7 heteroatoms. The molecule has 0 radical (unpaired) electrons. The van der Waals surface area contributed by atoms with E-state index in [9.17, 15) is 9.59 Å². The number of hydrogen-bond donors (Lipinski definition) is 2. The van der Waals surface area contributed by atoms with Gasteiger partial charge in [-0.15, -0.1) is 0 Å². The molecule has 0 saturated heterocycles. The zero-order valence-electron chi connectivity index (χ0n) is 15.7. The second-order valence-electron chi connectivity index (χ2n) is 5.40. The largest absolute Gasteiger partial charge is 0.494 e. The van der Waals surface area contributed by atoms with E-state index >= 15 is 0 Å². The molecule has 0 heterocycles. The molecular weight excluding hydrogens is 348 g/mol. The van der Waals surface area contributed by atoms with Crippen molar-refractivity contribution in [2.75, 3.05) is 30.5 Å². The maximum atomic E-state index is 12.7. The molecule has 2 aromatic carbocycles. The number of anilines is 2. The monoisotopic (exact) mass is 372 g/mol. The van der Waals surface area contributed by atoms with Gasteiger partial charge >= 0.3 is 6.09 Å². The van der Waals surface area contributed by atoms with E-state index in [0.29, 0.717) is 41.7 Å². The zero-order valence-corrected chi connectivity index (χ0v) is 15.7. The maximum absolute atomic E-state index is 12.7. The van der Waals surface area contributed by atoms with Gasteiger partial charge in [-0.05, 0) is 51.1 Å². The first-order valence-corrected chi connectivity index (χ1v) is 8.82. The first-order valence-electron chi connectivity index (χ1n) is 8.82. The van der Waals surface area contributed by atoms with Crippen LogP contribution >= 0.6 is 0 Å². The van der Waals surface area contributed by atoms with Crippen LogP contribution in [0.3, 0.4) is 0 Å². The minimum Gasteiger partial charge on any atom is -0.494 e. The maximum Gasteiger partial charge on any atom is 0.411 e. The van der Waals surface area contributed by atoms with Crippen LogP contribution in [0.25, 0.3) is 0 Å². The second kappa shape index (κ2) is 10.1. The fraction of sp³-hybridized carbons (Fsp3) is 0.300. The lowest BCUT2D eigenvalue weighted by molar-refractivity contribution is 0.102. The Bertz CT molecular complexity index is 792. The number of amides is 2. The molecule has 0 atom stereocenters. The highest BCUT2D eigenvalue weighted by Crippen LogP contribution is 2.30. The Morgan fingerprint density at radius 1 is 0.889 bits per heavy atom. The molecule has 27 heavy (non-hydrogen) atoms. The highest BCUT2D eigenvalue weighted by molar-refractivity contribution is 6.06. The molecule has 144 valence electrons. The van der Waals surface area contributed by atoms with Crippen LogP contribution in [0.2, 0.25) is 0 Å². The molecule has 0 bridgehead atoms. The van der Waals surface area contributed by atoms with Crippen molar-refractivity contribution >= 4 is 23.4 Å². The number of carbonyl (C=O) groups is 2. The molecule has 2 rings (SSSR count). The van der Waals surface area contributed by atoms with Crippen LogP contribution in [-0.2, 0) is 4.74 Å². The molecule has 0 aliphatic carbocycles. The molecule has 0 fully saturated rings. The lowest BCUT2D eigenvalue weighted by Crippen LogP contribution is -2.16. The first-order chi connectivity index (χ1) is 13.1. The van der Waals surface area contributed by atoms with Crippen molar-refractivity contribution in [3.8, 4) is 11.5 Å². The summed E-state index contributed by atoms with van der Waals surface area (Å²) < 4.78 is 15.9. The Morgan fingerprint density at radius 2 is 1.67 bits per heavy atom. The summed E-state index contributed by atoms with van der Waals surface area (Å²) in [7, 11) is 0. The van der Waals surface area contributed by atoms with E-state index in [1.807, 2.05) is 13.8 Å². The Hall–Kier alpha value is -3.22. The summed E-state index contributed by atoms with van der Waals surface area (Å²) >= 11 is 0. The molecule has 0 unspecified atom stereocenters. The summed E-state index contributed by atoms with van der Waals surface area (Å²) in [5, 5.41) is 5.40. The van der Waals surface area contributed by atoms with E-state index in [2.05, 4.69) is 10.6 Å². The molecule has 2 aromatic rings. The second-order valence-corrected chi connectivity index (χ2v) is 5.40. The Balaban J connectivity index is 2.18. The third-order valence-electron chi connectivity index (χ3n) is 3.46. The molecular formula is C20H24N2O5. The van der Waals surface area contributed by atoms with Crippen LogP contribution < -0.4 is 20.1 Å². The third-order valence-corrected chi connectivity index (χ3v) is 3.46. The molecule has 0 spiro atoms. The molecule has 7 nitrogen and oxygen atoms in total. The van der Waals surface area contributed by atoms with Crippen molar-refractivity contribution in [1.82, 2.24) is 0 Å². The third kappa shape index (κ3) is 5.91. The summed E-state index contributed by atoms with van der Waals surface area (Å²) in [6.07, 6.45) is -0.571. The van der Waals surface area contributed by atoms with Gasteiger partial charge in [0.15, 0.2) is 0 Å². The van der Waals surface area contributed by atoms with Crippen LogP contribution in [-0.4, -0.2) is 31.8 Å². The Morgan fingerprint density at radius 3 is 2.37 bits per heavy atom. The Kier molecular flexibility index (Phi) is 7.49. The molecule has 0 aliphatic rings. The van der Waals surface area contributed by atoms with Crippen LogP contribution in [0.5, 0.6) is 11.5 Å². The predicted molar refractivity (Wildman–Crippen MR) is 104 cm³/mol. The normalized spacial score (nSPS) is 10.0. The van der Waals surface area contributed by atoms with Crippen molar-refractivity contribution in [3.05, 3.63) is 48.0 Å². The standard InChI is InChI=1S/C20H24N2O5/c1-4-25-16-10-11-18(26-5-2)17(13-16)22-19(23)14-8-7-9-15(12-14)21-20(24)27-6-3/h7-13H,4-6H2,1-3H3,(H,21,24)(H,22,23). The number of carbonyl (C=O) groups excluding carboxylic acids is 2. The zero-order chi connectivity index (χ0) is 19.6. The van der Waals surface area contributed by atoms with E-state index in [0.717, 1.165) is 0 Å². The van der Waals surface area contributed by atoms with Crippen molar-refractivity contribution in [1.29, 1.82) is 0 Å². The minimum absolute atomic E-state index is 0.266. The summed E-state index contributed by atoms with van der Waals surface area (Å²) in [5.41, 5.74) is 1.36. The summed E-state index contributed by atoms with van der Waals surface area (Å²) in [6.45, 7) is 6.72. The van der Waals surface area contributed by atoms with Crippen LogP contribution in [0.1, 0.15) is 31.1 Å². The van der Waals surface area contributed by atoms with Gasteiger partial charge in [-0.25, -0.2) is 4.79 Å². The Labute approximate surface area is 158 Å². The summed E-state index contributed by atoms with van der Waals surface area (Å²) in [6, 6.07) is 11.8. The number of hydrogen-bond acceptors (Lipinski definition) is 5. The molecule has 2 amide bonds. The van der Waals surface area contributed by atoms with Crippen molar-refractivity contribution in [3.63, 3.8) is 0 Å². The van der Waals surface area contributed by atoms with Gasteiger partial charge in [0.1, 0.15) is 11.5 Å². The van der Waals surface area contributed by atoms with Crippen LogP contribution in [0.15, 0.2) is 42.5 Å². The lowest BCUT2D eigenvalue weighted by Gasteiger charge is -2.14. The summed E-state index contributed by atoms with van der Waals surface area (Å²) in [4.78, 5) is 24.2. The number of rotatable bonds is 8. The van der Waals surface area contributed by atoms with E-state index in [1.54, 1.807) is 49.4 Å². The lowest BCUT2D eigenvalue weighted by atomic mass is 10.1. The van der Waals surface area contributed by atoms with Gasteiger partial charge < -0.3 is 19.5 Å². The van der Waals surface area contributed by atoms with Gasteiger partial charge in [-0.3, -0.25) is 10.1 Å². The highest BCUT2D eigenvalue weighted by atomic mass is 16.5. The van der Waals surface area contributed by atoms with Gasteiger partial charge in [0, 0.05) is 17.3 Å². The van der Waals surface area contributed by atoms with Crippen molar-refractivity contribution in [2.24, 2.45) is 0 Å². The van der Waals surface area contributed by atoms with E-state index in [4.69, 9.17) is 14.2 Å². The fourth-order valence-electron chi connectivity index (χ4n) is 2.36. The topological polar surface area (TPSA) is 85.9 Å². The number of benzene rings is 2. The van der Waals surface area contributed by atoms with E-state index in [1.165, 1.54) is 0 Å². The molecule has 0 saturated carbocycles. The van der Waals surface area contributed by atoms with Crippen molar-refractivity contribution < 1.29 is 23.8 Å². The molecule has 0 aromatic heterocycles. The van der Waals surface area contributed by atoms with Gasteiger partial charge in [0.05, 0.1) is 25.5 Å². The van der Waals surface area contributed by atoms with Gasteiger partial charge in [0.25, 0.3) is 5.91 Å². The van der Waals surface area contributed by atoms with Gasteiger partial charge in [0.2, 0.25) is 0 Å². The SMILES string of the molecule is CCOC(=O)Nc1cccc(C(=O)Nc2cc(OCC)ccc2OCC)c1. The smallest absolute Gasteiger partial charge is 0.411 e. The van der Waals surface area contributed by atoms with Crippen molar-refractivity contribution in [2.45, 2.75) is 20.8 Å². The summed E-state index contributed by atoms with van der Waals surface area (Å²) in [5.74, 6) is 0.848. The minimum atomic E-state index is -0.571. The number of ether oxygens (including phenoxy) is 3. The first kappa shape index (κ1) is 20.1. The fourth-order valence-corrected chi connectivity index (χ4v) is 2.36. The molecule has 2 N–H and O–H groups in total. The van der Waals surface area contributed by atoms with E-state index in [-0.39, 0.29) is 12.5 Å². The van der Waals surface area contributed by atoms with Crippen LogP contribution in [0, 0.1) is 0 Å². The van der Waals surface area contributed by atoms with Crippen LogP contribution in [0.4, 0.5) is 16.2 Å². The average Bonchev–Trinajstić information content (AvgIpc) is 2.64. The highest BCUT2D eigenvalue weighted by Gasteiger charge is 2.13. The van der Waals surface area contributed by atoms with E-state index < -0.39 is 6.09 Å². The predicted octanol–water partition coefficient (Wildman–Crippen LogP) is 4.30. The molecule has 0 aliphatic heterocycles. The number of nitrogens with one attached hydrogen (secondary N) is 2. The quantitative estimate of drug-likeness (QED) is 0.721. The van der Waals surface area contributed by atoms with Gasteiger partial charge in [-0.1, -0.05) is 6.07 Å². The van der Waals surface area contributed by atoms with Gasteiger partial charge in [-0.2, -0.15) is 0 Å².